The van der Waals surface area contributed by atoms with Crippen LogP contribution in [0.1, 0.15) is 16.7 Å². The second-order valence-electron chi connectivity index (χ2n) is 7.65. The maximum atomic E-state index is 12.9. The largest absolute Gasteiger partial charge is 0.489 e. The number of nitrogens with zero attached hydrogens (tertiary/aromatic N) is 1. The van der Waals surface area contributed by atoms with Crippen LogP contribution in [0, 0.1) is 0 Å². The molecule has 0 aromatic heterocycles. The zero-order valence-corrected chi connectivity index (χ0v) is 18.5. The van der Waals surface area contributed by atoms with E-state index in [0.717, 1.165) is 22.9 Å². The molecule has 4 aromatic carbocycles. The predicted octanol–water partition coefficient (Wildman–Crippen LogP) is 5.97. The lowest BCUT2D eigenvalue weighted by Gasteiger charge is -2.10. The summed E-state index contributed by atoms with van der Waals surface area (Å²) >= 11 is 0. The third-order valence-electron chi connectivity index (χ3n) is 5.01. The van der Waals surface area contributed by atoms with Crippen molar-refractivity contribution in [2.45, 2.75) is 12.8 Å². The van der Waals surface area contributed by atoms with Crippen molar-refractivity contribution in [2.75, 3.05) is 6.61 Å². The van der Waals surface area contributed by atoms with Crippen LogP contribution in [-0.4, -0.2) is 18.7 Å². The molecule has 5 nitrogen and oxygen atoms in total. The van der Waals surface area contributed by atoms with Gasteiger partial charge < -0.3 is 9.47 Å². The Morgan fingerprint density at radius 2 is 1.60 bits per heavy atom. The van der Waals surface area contributed by atoms with Gasteiger partial charge in [0.05, 0.1) is 11.8 Å². The van der Waals surface area contributed by atoms with Gasteiger partial charge in [0.2, 0.25) is 0 Å². The number of ether oxygens (including phenoxy) is 2. The normalized spacial score (nSPS) is 11.5. The van der Waals surface area contributed by atoms with Crippen LogP contribution >= 0.6 is 0 Å². The van der Waals surface area contributed by atoms with Gasteiger partial charge in [0.1, 0.15) is 18.1 Å². The van der Waals surface area contributed by atoms with Gasteiger partial charge in [-0.3, -0.25) is 4.79 Å². The van der Waals surface area contributed by atoms with Crippen molar-refractivity contribution in [3.05, 3.63) is 108 Å². The van der Waals surface area contributed by atoms with Crippen molar-refractivity contribution in [3.63, 3.8) is 0 Å². The second kappa shape index (κ2) is 10.7. The highest BCUT2D eigenvalue weighted by Gasteiger charge is 2.30. The van der Waals surface area contributed by atoms with Gasteiger partial charge in [0, 0.05) is 0 Å². The van der Waals surface area contributed by atoms with Gasteiger partial charge >= 0.3 is 6.18 Å². The Kier molecular flexibility index (Phi) is 7.30. The molecule has 8 heteroatoms. The van der Waals surface area contributed by atoms with E-state index >= 15 is 0 Å². The molecule has 0 bridgehead atoms. The third-order valence-corrected chi connectivity index (χ3v) is 5.01. The Balaban J connectivity index is 1.27. The summed E-state index contributed by atoms with van der Waals surface area (Å²) in [5, 5.41) is 6.01. The van der Waals surface area contributed by atoms with Gasteiger partial charge in [-0.2, -0.15) is 18.3 Å². The minimum absolute atomic E-state index is 0.0205. The van der Waals surface area contributed by atoms with E-state index in [-0.39, 0.29) is 13.2 Å². The number of hydrogen-bond donors (Lipinski definition) is 1. The SMILES string of the molecule is O=C(COc1ccc2ccccc2c1)NN=Cc1cccc(OCc2cccc(C(F)(F)F)c2)c1. The van der Waals surface area contributed by atoms with Crippen molar-refractivity contribution in [1.29, 1.82) is 0 Å². The molecule has 0 aliphatic rings. The van der Waals surface area contributed by atoms with Crippen LogP contribution in [0.4, 0.5) is 13.2 Å². The average molecular weight is 478 g/mol. The number of amides is 1. The van der Waals surface area contributed by atoms with Gasteiger partial charge in [-0.15, -0.1) is 0 Å². The number of carbonyl (C=O) groups is 1. The highest BCUT2D eigenvalue weighted by molar-refractivity contribution is 5.85. The van der Waals surface area contributed by atoms with Crippen molar-refractivity contribution in [2.24, 2.45) is 5.10 Å². The summed E-state index contributed by atoms with van der Waals surface area (Å²) in [7, 11) is 0. The predicted molar refractivity (Wildman–Crippen MR) is 127 cm³/mol. The fourth-order valence-electron chi connectivity index (χ4n) is 3.31. The lowest BCUT2D eigenvalue weighted by atomic mass is 10.1. The zero-order valence-electron chi connectivity index (χ0n) is 18.5. The maximum Gasteiger partial charge on any atom is 0.416 e. The fourth-order valence-corrected chi connectivity index (χ4v) is 3.31. The van der Waals surface area contributed by atoms with Crippen molar-refractivity contribution < 1.29 is 27.4 Å². The molecule has 0 radical (unpaired) electrons. The molecule has 0 saturated carbocycles. The summed E-state index contributed by atoms with van der Waals surface area (Å²) in [6.45, 7) is -0.219. The highest BCUT2D eigenvalue weighted by atomic mass is 19.4. The number of alkyl halides is 3. The summed E-state index contributed by atoms with van der Waals surface area (Å²) in [6.07, 6.45) is -2.97. The van der Waals surface area contributed by atoms with Crippen molar-refractivity contribution >= 4 is 22.9 Å². The molecule has 0 atom stereocenters. The lowest BCUT2D eigenvalue weighted by molar-refractivity contribution is -0.137. The minimum Gasteiger partial charge on any atom is -0.489 e. The fraction of sp³-hybridized carbons (Fsp3) is 0.111. The van der Waals surface area contributed by atoms with E-state index in [9.17, 15) is 18.0 Å². The Bertz CT molecular complexity index is 1350. The Labute approximate surface area is 199 Å². The average Bonchev–Trinajstić information content (AvgIpc) is 2.86. The Morgan fingerprint density at radius 1 is 0.829 bits per heavy atom. The quantitative estimate of drug-likeness (QED) is 0.251. The van der Waals surface area contributed by atoms with Gasteiger partial charge in [0.25, 0.3) is 5.91 Å². The summed E-state index contributed by atoms with van der Waals surface area (Å²) in [6, 6.07) is 25.2. The second-order valence-corrected chi connectivity index (χ2v) is 7.65. The molecule has 4 rings (SSSR count). The molecule has 0 aliphatic heterocycles. The molecule has 0 saturated heterocycles. The lowest BCUT2D eigenvalue weighted by Crippen LogP contribution is -2.24. The number of rotatable bonds is 8. The summed E-state index contributed by atoms with van der Waals surface area (Å²) in [4.78, 5) is 12.0. The number of benzene rings is 4. The first-order valence-corrected chi connectivity index (χ1v) is 10.7. The number of nitrogens with one attached hydrogen (secondary N) is 1. The molecule has 0 heterocycles. The monoisotopic (exact) mass is 478 g/mol. The van der Waals surface area contributed by atoms with Crippen molar-refractivity contribution in [3.8, 4) is 11.5 Å². The van der Waals surface area contributed by atoms with Crippen LogP contribution in [0.25, 0.3) is 10.8 Å². The first kappa shape index (κ1) is 23.8. The van der Waals surface area contributed by atoms with Gasteiger partial charge in [-0.25, -0.2) is 5.43 Å². The molecule has 0 unspecified atom stereocenters. The molecule has 0 fully saturated rings. The highest BCUT2D eigenvalue weighted by Crippen LogP contribution is 2.29. The van der Waals surface area contributed by atoms with Crippen LogP contribution in [0.15, 0.2) is 96.1 Å². The van der Waals surface area contributed by atoms with E-state index in [1.165, 1.54) is 12.3 Å². The van der Waals surface area contributed by atoms with E-state index in [4.69, 9.17) is 9.47 Å². The molecule has 0 aliphatic carbocycles. The van der Waals surface area contributed by atoms with E-state index in [1.807, 2.05) is 36.4 Å². The Hall–Kier alpha value is -4.33. The molecule has 1 N–H and O–H groups in total. The van der Waals surface area contributed by atoms with E-state index in [2.05, 4.69) is 10.5 Å². The van der Waals surface area contributed by atoms with E-state index in [1.54, 1.807) is 36.4 Å². The number of halogens is 3. The molecule has 178 valence electrons. The smallest absolute Gasteiger partial charge is 0.416 e. The summed E-state index contributed by atoms with van der Waals surface area (Å²) in [5.74, 6) is 0.608. The summed E-state index contributed by atoms with van der Waals surface area (Å²) < 4.78 is 49.7. The number of hydrazone groups is 1. The molecular weight excluding hydrogens is 457 g/mol. The van der Waals surface area contributed by atoms with E-state index in [0.29, 0.717) is 22.6 Å². The van der Waals surface area contributed by atoms with Crippen LogP contribution < -0.4 is 14.9 Å². The standard InChI is InChI=1S/C27H21F3N2O3/c28-27(29,30)23-9-3-6-20(13-23)17-34-24-10-4-5-19(14-24)16-31-32-26(33)18-35-25-12-11-21-7-1-2-8-22(21)15-25/h1-16H,17-18H2,(H,32,33). The third kappa shape index (κ3) is 6.83. The zero-order chi connectivity index (χ0) is 24.7. The van der Waals surface area contributed by atoms with Crippen LogP contribution in [-0.2, 0) is 17.6 Å². The first-order chi connectivity index (χ1) is 16.9. The van der Waals surface area contributed by atoms with Gasteiger partial charge in [-0.05, 0) is 58.3 Å². The minimum atomic E-state index is -4.41. The topological polar surface area (TPSA) is 59.9 Å². The van der Waals surface area contributed by atoms with Gasteiger partial charge in [-0.1, -0.05) is 54.6 Å². The molecule has 1 amide bonds. The van der Waals surface area contributed by atoms with Crippen LogP contribution in [0.2, 0.25) is 0 Å². The molecular formula is C27H21F3N2O3. The molecule has 0 spiro atoms. The maximum absolute atomic E-state index is 12.9. The first-order valence-electron chi connectivity index (χ1n) is 10.7. The molecule has 35 heavy (non-hydrogen) atoms. The van der Waals surface area contributed by atoms with Crippen LogP contribution in [0.3, 0.4) is 0 Å². The van der Waals surface area contributed by atoms with Crippen LogP contribution in [0.5, 0.6) is 11.5 Å². The number of fused-ring (bicyclic) bond motifs is 1. The molecule has 4 aromatic rings. The van der Waals surface area contributed by atoms with Crippen molar-refractivity contribution in [1.82, 2.24) is 5.43 Å². The summed E-state index contributed by atoms with van der Waals surface area (Å²) in [5.41, 5.74) is 2.71. The van der Waals surface area contributed by atoms with Gasteiger partial charge in [0.15, 0.2) is 6.61 Å². The number of carbonyl (C=O) groups excluding carboxylic acids is 1. The Morgan fingerprint density at radius 3 is 2.43 bits per heavy atom. The number of hydrogen-bond acceptors (Lipinski definition) is 4. The van der Waals surface area contributed by atoms with E-state index < -0.39 is 17.6 Å².